The smallest absolute Gasteiger partial charge is 0.136 e. The first-order valence-electron chi connectivity index (χ1n) is 6.24. The zero-order chi connectivity index (χ0) is 14.0. The fourth-order valence-corrected chi connectivity index (χ4v) is 2.15. The standard InChI is InChI=1S/C15H17ClN2O/c1-5-13-17-14(10(3)15(16)18-13)11-8-9(2)6-7-12(11)19-4/h6-8H,5H2,1-4H3. The number of nitrogens with zero attached hydrogens (tertiary/aromatic N) is 2. The molecule has 0 saturated heterocycles. The monoisotopic (exact) mass is 276 g/mol. The average Bonchev–Trinajstić information content (AvgIpc) is 2.41. The van der Waals surface area contributed by atoms with Crippen molar-refractivity contribution in [1.82, 2.24) is 9.97 Å². The van der Waals surface area contributed by atoms with E-state index in [0.29, 0.717) is 5.15 Å². The SMILES string of the molecule is CCc1nc(Cl)c(C)c(-c2cc(C)ccc2OC)n1. The highest BCUT2D eigenvalue weighted by atomic mass is 35.5. The third-order valence-corrected chi connectivity index (χ3v) is 3.43. The van der Waals surface area contributed by atoms with E-state index in [1.807, 2.05) is 32.9 Å². The van der Waals surface area contributed by atoms with Crippen LogP contribution in [0.2, 0.25) is 5.15 Å². The molecule has 2 aromatic rings. The molecule has 1 heterocycles. The number of benzene rings is 1. The summed E-state index contributed by atoms with van der Waals surface area (Å²) in [7, 11) is 1.66. The third kappa shape index (κ3) is 2.71. The molecule has 1 aromatic heterocycles. The van der Waals surface area contributed by atoms with E-state index in [1.165, 1.54) is 0 Å². The molecular weight excluding hydrogens is 260 g/mol. The van der Waals surface area contributed by atoms with Gasteiger partial charge in [-0.15, -0.1) is 0 Å². The van der Waals surface area contributed by atoms with Gasteiger partial charge in [0.25, 0.3) is 0 Å². The Morgan fingerprint density at radius 2 is 1.95 bits per heavy atom. The van der Waals surface area contributed by atoms with Crippen LogP contribution in [0.1, 0.15) is 23.9 Å². The minimum absolute atomic E-state index is 0.505. The van der Waals surface area contributed by atoms with Gasteiger partial charge in [0, 0.05) is 17.5 Å². The molecule has 0 saturated carbocycles. The summed E-state index contributed by atoms with van der Waals surface area (Å²) in [6.07, 6.45) is 0.751. The lowest BCUT2D eigenvalue weighted by Crippen LogP contribution is -2.01. The maximum Gasteiger partial charge on any atom is 0.136 e. The van der Waals surface area contributed by atoms with Crippen LogP contribution in [0.5, 0.6) is 5.75 Å². The van der Waals surface area contributed by atoms with Gasteiger partial charge in [-0.3, -0.25) is 0 Å². The van der Waals surface area contributed by atoms with Gasteiger partial charge in [-0.1, -0.05) is 30.2 Å². The molecule has 0 bridgehead atoms. The molecule has 2 rings (SSSR count). The fourth-order valence-electron chi connectivity index (χ4n) is 1.96. The molecule has 0 radical (unpaired) electrons. The van der Waals surface area contributed by atoms with Crippen LogP contribution in [-0.2, 0) is 6.42 Å². The van der Waals surface area contributed by atoms with Crippen LogP contribution < -0.4 is 4.74 Å². The highest BCUT2D eigenvalue weighted by molar-refractivity contribution is 6.30. The van der Waals surface area contributed by atoms with Crippen molar-refractivity contribution in [3.63, 3.8) is 0 Å². The number of rotatable bonds is 3. The summed E-state index contributed by atoms with van der Waals surface area (Å²) in [6, 6.07) is 6.02. The van der Waals surface area contributed by atoms with Crippen LogP contribution in [0, 0.1) is 13.8 Å². The van der Waals surface area contributed by atoms with E-state index in [9.17, 15) is 0 Å². The van der Waals surface area contributed by atoms with Gasteiger partial charge < -0.3 is 4.74 Å². The second kappa shape index (κ2) is 5.57. The van der Waals surface area contributed by atoms with E-state index < -0.39 is 0 Å². The summed E-state index contributed by atoms with van der Waals surface area (Å²) in [5, 5.41) is 0.505. The molecule has 0 aliphatic carbocycles. The lowest BCUT2D eigenvalue weighted by molar-refractivity contribution is 0.416. The Morgan fingerprint density at radius 3 is 2.58 bits per heavy atom. The molecule has 0 fully saturated rings. The summed E-state index contributed by atoms with van der Waals surface area (Å²) in [5.74, 6) is 1.54. The summed E-state index contributed by atoms with van der Waals surface area (Å²) in [6.45, 7) is 5.99. The van der Waals surface area contributed by atoms with Gasteiger partial charge in [-0.05, 0) is 26.0 Å². The quantitative estimate of drug-likeness (QED) is 0.795. The number of ether oxygens (including phenoxy) is 1. The number of aromatic nitrogens is 2. The first-order valence-corrected chi connectivity index (χ1v) is 6.62. The van der Waals surface area contributed by atoms with Gasteiger partial charge in [0.2, 0.25) is 0 Å². The number of methoxy groups -OCH3 is 1. The Hall–Kier alpha value is -1.61. The van der Waals surface area contributed by atoms with Gasteiger partial charge in [0.15, 0.2) is 0 Å². The normalized spacial score (nSPS) is 10.6. The van der Waals surface area contributed by atoms with Gasteiger partial charge in [0.1, 0.15) is 16.7 Å². The summed E-state index contributed by atoms with van der Waals surface area (Å²) in [5.41, 5.74) is 3.84. The summed E-state index contributed by atoms with van der Waals surface area (Å²) >= 11 is 6.19. The molecule has 1 aromatic carbocycles. The lowest BCUT2D eigenvalue weighted by atomic mass is 10.0. The minimum Gasteiger partial charge on any atom is -0.496 e. The predicted molar refractivity (Wildman–Crippen MR) is 77.9 cm³/mol. The van der Waals surface area contributed by atoms with Crippen LogP contribution in [0.15, 0.2) is 18.2 Å². The van der Waals surface area contributed by atoms with Crippen LogP contribution >= 0.6 is 11.6 Å². The van der Waals surface area contributed by atoms with Crippen molar-refractivity contribution in [2.75, 3.05) is 7.11 Å². The maximum atomic E-state index is 6.19. The van der Waals surface area contributed by atoms with E-state index >= 15 is 0 Å². The topological polar surface area (TPSA) is 35.0 Å². The van der Waals surface area contributed by atoms with Crippen molar-refractivity contribution in [3.8, 4) is 17.0 Å². The fraction of sp³-hybridized carbons (Fsp3) is 0.333. The Labute approximate surface area is 118 Å². The van der Waals surface area contributed by atoms with Crippen molar-refractivity contribution >= 4 is 11.6 Å². The molecular formula is C15H17ClN2O. The van der Waals surface area contributed by atoms with E-state index in [4.69, 9.17) is 16.3 Å². The molecule has 0 spiro atoms. The molecule has 0 aliphatic rings. The van der Waals surface area contributed by atoms with Crippen LogP contribution in [0.3, 0.4) is 0 Å². The van der Waals surface area contributed by atoms with Crippen LogP contribution in [0.25, 0.3) is 11.3 Å². The molecule has 0 aliphatic heterocycles. The van der Waals surface area contributed by atoms with Crippen molar-refractivity contribution < 1.29 is 4.74 Å². The van der Waals surface area contributed by atoms with Gasteiger partial charge in [-0.2, -0.15) is 0 Å². The number of hydrogen-bond acceptors (Lipinski definition) is 3. The molecule has 0 amide bonds. The molecule has 100 valence electrons. The van der Waals surface area contributed by atoms with Crippen molar-refractivity contribution in [3.05, 3.63) is 40.3 Å². The molecule has 0 N–H and O–H groups in total. The zero-order valence-electron chi connectivity index (χ0n) is 11.6. The molecule has 0 unspecified atom stereocenters. The molecule has 19 heavy (non-hydrogen) atoms. The highest BCUT2D eigenvalue weighted by Crippen LogP contribution is 2.33. The van der Waals surface area contributed by atoms with Crippen LogP contribution in [-0.4, -0.2) is 17.1 Å². The lowest BCUT2D eigenvalue weighted by Gasteiger charge is -2.13. The van der Waals surface area contributed by atoms with E-state index in [0.717, 1.165) is 40.4 Å². The minimum atomic E-state index is 0.505. The van der Waals surface area contributed by atoms with Gasteiger partial charge in [-0.25, -0.2) is 9.97 Å². The Kier molecular flexibility index (Phi) is 4.05. The van der Waals surface area contributed by atoms with Gasteiger partial charge >= 0.3 is 0 Å². The second-order valence-corrected chi connectivity index (χ2v) is 4.82. The average molecular weight is 277 g/mol. The van der Waals surface area contributed by atoms with Crippen molar-refractivity contribution in [2.24, 2.45) is 0 Å². The highest BCUT2D eigenvalue weighted by Gasteiger charge is 2.14. The second-order valence-electron chi connectivity index (χ2n) is 4.46. The third-order valence-electron chi connectivity index (χ3n) is 3.06. The van der Waals surface area contributed by atoms with Crippen molar-refractivity contribution in [2.45, 2.75) is 27.2 Å². The number of hydrogen-bond donors (Lipinski definition) is 0. The number of aryl methyl sites for hydroxylation is 2. The van der Waals surface area contributed by atoms with Crippen molar-refractivity contribution in [1.29, 1.82) is 0 Å². The Balaban J connectivity index is 2.70. The maximum absolute atomic E-state index is 6.19. The van der Waals surface area contributed by atoms with Crippen LogP contribution in [0.4, 0.5) is 0 Å². The molecule has 4 heteroatoms. The molecule has 0 atom stereocenters. The van der Waals surface area contributed by atoms with Gasteiger partial charge in [0.05, 0.1) is 12.8 Å². The summed E-state index contributed by atoms with van der Waals surface area (Å²) in [4.78, 5) is 8.86. The molecule has 3 nitrogen and oxygen atoms in total. The first kappa shape index (κ1) is 13.8. The largest absolute Gasteiger partial charge is 0.496 e. The Bertz CT molecular complexity index is 611. The Morgan fingerprint density at radius 1 is 1.21 bits per heavy atom. The number of halogens is 1. The first-order chi connectivity index (χ1) is 9.06. The van der Waals surface area contributed by atoms with E-state index in [-0.39, 0.29) is 0 Å². The predicted octanol–water partition coefficient (Wildman–Crippen LogP) is 3.98. The van der Waals surface area contributed by atoms with E-state index in [1.54, 1.807) is 7.11 Å². The zero-order valence-corrected chi connectivity index (χ0v) is 12.4. The van der Waals surface area contributed by atoms with E-state index in [2.05, 4.69) is 16.0 Å². The summed E-state index contributed by atoms with van der Waals surface area (Å²) < 4.78 is 5.42.